The summed E-state index contributed by atoms with van der Waals surface area (Å²) in [5.74, 6) is -0.987. The number of aryl methyl sites for hydroxylation is 1. The number of nitrogens with two attached hydrogens (primary N) is 1. The van der Waals surface area contributed by atoms with E-state index in [-0.39, 0.29) is 0 Å². The summed E-state index contributed by atoms with van der Waals surface area (Å²) in [7, 11) is 0. The van der Waals surface area contributed by atoms with Crippen LogP contribution in [0.5, 0.6) is 0 Å². The SMILES string of the molecule is Cc1nc(Nc2ccccc2SC(F)F)c(N)[nH]1. The highest BCUT2D eigenvalue weighted by atomic mass is 32.2. The smallest absolute Gasteiger partial charge is 0.288 e. The number of alkyl halides is 2. The lowest BCUT2D eigenvalue weighted by atomic mass is 10.3. The zero-order valence-electron chi connectivity index (χ0n) is 9.58. The summed E-state index contributed by atoms with van der Waals surface area (Å²) >= 11 is 0.482. The molecule has 2 aromatic rings. The van der Waals surface area contributed by atoms with Gasteiger partial charge in [-0.3, -0.25) is 0 Å². The van der Waals surface area contributed by atoms with E-state index >= 15 is 0 Å². The standard InChI is InChI=1S/C11H12F2N4S/c1-6-15-9(14)10(16-6)17-7-4-2-3-5-8(7)18-11(12)13/h2-5,11,17H,14H2,1H3,(H,15,16). The van der Waals surface area contributed by atoms with E-state index in [9.17, 15) is 8.78 Å². The Balaban J connectivity index is 2.26. The molecule has 7 heteroatoms. The number of halogens is 2. The number of hydrogen-bond acceptors (Lipinski definition) is 4. The summed E-state index contributed by atoms with van der Waals surface area (Å²) in [6, 6.07) is 6.78. The van der Waals surface area contributed by atoms with Crippen LogP contribution in [-0.2, 0) is 0 Å². The number of anilines is 3. The summed E-state index contributed by atoms with van der Waals surface area (Å²) in [5.41, 5.74) is 6.26. The van der Waals surface area contributed by atoms with Gasteiger partial charge in [0, 0.05) is 4.90 Å². The van der Waals surface area contributed by atoms with E-state index in [2.05, 4.69) is 15.3 Å². The Kier molecular flexibility index (Phi) is 3.71. The second-order valence-electron chi connectivity index (χ2n) is 3.58. The number of aromatic nitrogens is 2. The Morgan fingerprint density at radius 2 is 2.11 bits per heavy atom. The number of nitrogens with one attached hydrogen (secondary N) is 2. The molecule has 1 aromatic carbocycles. The molecule has 4 N–H and O–H groups in total. The maximum atomic E-state index is 12.4. The quantitative estimate of drug-likeness (QED) is 0.745. The first-order valence-electron chi connectivity index (χ1n) is 5.19. The van der Waals surface area contributed by atoms with Crippen LogP contribution in [0.25, 0.3) is 0 Å². The molecule has 0 aliphatic heterocycles. The molecule has 0 amide bonds. The Morgan fingerprint density at radius 3 is 2.72 bits per heavy atom. The van der Waals surface area contributed by atoms with Crippen molar-refractivity contribution in [1.29, 1.82) is 0 Å². The summed E-state index contributed by atoms with van der Waals surface area (Å²) < 4.78 is 24.8. The average Bonchev–Trinajstić information content (AvgIpc) is 2.59. The Bertz CT molecular complexity index is 542. The van der Waals surface area contributed by atoms with Crippen molar-refractivity contribution >= 4 is 29.1 Å². The van der Waals surface area contributed by atoms with E-state index in [4.69, 9.17) is 5.73 Å². The van der Waals surface area contributed by atoms with Crippen molar-refractivity contribution < 1.29 is 8.78 Å². The van der Waals surface area contributed by atoms with Crippen LogP contribution in [0.15, 0.2) is 29.2 Å². The molecule has 4 nitrogen and oxygen atoms in total. The zero-order chi connectivity index (χ0) is 13.1. The van der Waals surface area contributed by atoms with Crippen molar-refractivity contribution in [1.82, 2.24) is 9.97 Å². The molecule has 2 rings (SSSR count). The molecule has 0 bridgehead atoms. The fourth-order valence-corrected chi connectivity index (χ4v) is 2.10. The number of thioether (sulfide) groups is 1. The highest BCUT2D eigenvalue weighted by molar-refractivity contribution is 7.99. The molecule has 0 saturated heterocycles. The number of nitrogens with zero attached hydrogens (tertiary/aromatic N) is 1. The first-order valence-corrected chi connectivity index (χ1v) is 6.07. The van der Waals surface area contributed by atoms with Gasteiger partial charge in [-0.1, -0.05) is 23.9 Å². The van der Waals surface area contributed by atoms with Crippen LogP contribution in [0.3, 0.4) is 0 Å². The molecule has 0 saturated carbocycles. The van der Waals surface area contributed by atoms with Crippen molar-refractivity contribution in [2.75, 3.05) is 11.1 Å². The van der Waals surface area contributed by atoms with Crippen molar-refractivity contribution in [2.24, 2.45) is 0 Å². The molecule has 0 unspecified atom stereocenters. The van der Waals surface area contributed by atoms with Crippen molar-refractivity contribution in [2.45, 2.75) is 17.6 Å². The fourth-order valence-electron chi connectivity index (χ4n) is 1.50. The highest BCUT2D eigenvalue weighted by Gasteiger charge is 2.12. The third-order valence-electron chi connectivity index (χ3n) is 2.21. The monoisotopic (exact) mass is 270 g/mol. The van der Waals surface area contributed by atoms with Crippen LogP contribution in [0.1, 0.15) is 5.82 Å². The predicted octanol–water partition coefficient (Wildman–Crippen LogP) is 3.36. The Labute approximate surface area is 107 Å². The summed E-state index contributed by atoms with van der Waals surface area (Å²) in [6.45, 7) is 1.77. The third-order valence-corrected chi connectivity index (χ3v) is 2.99. The minimum Gasteiger partial charge on any atom is -0.382 e. The van der Waals surface area contributed by atoms with Gasteiger partial charge in [0.15, 0.2) is 5.82 Å². The summed E-state index contributed by atoms with van der Waals surface area (Å²) in [5, 5.41) is 2.95. The van der Waals surface area contributed by atoms with Crippen molar-refractivity contribution in [3.05, 3.63) is 30.1 Å². The number of imidazole rings is 1. The molecule has 0 fully saturated rings. The number of aromatic amines is 1. The molecule has 0 radical (unpaired) electrons. The predicted molar refractivity (Wildman–Crippen MR) is 69.3 cm³/mol. The van der Waals surface area contributed by atoms with Gasteiger partial charge in [0.2, 0.25) is 0 Å². The van der Waals surface area contributed by atoms with Crippen LogP contribution < -0.4 is 11.1 Å². The lowest BCUT2D eigenvalue weighted by Crippen LogP contribution is -1.97. The minimum absolute atomic E-state index is 0.379. The fraction of sp³-hybridized carbons (Fsp3) is 0.182. The number of rotatable bonds is 4. The number of nitrogen functional groups attached to an aromatic ring is 1. The molecule has 1 aromatic heterocycles. The molecule has 1 heterocycles. The van der Waals surface area contributed by atoms with Gasteiger partial charge in [-0.25, -0.2) is 4.98 Å². The van der Waals surface area contributed by atoms with Gasteiger partial charge in [-0.05, 0) is 19.1 Å². The zero-order valence-corrected chi connectivity index (χ0v) is 10.4. The molecular weight excluding hydrogens is 258 g/mol. The van der Waals surface area contributed by atoms with E-state index < -0.39 is 5.76 Å². The molecule has 96 valence electrons. The highest BCUT2D eigenvalue weighted by Crippen LogP contribution is 2.33. The van der Waals surface area contributed by atoms with Gasteiger partial charge in [0.25, 0.3) is 5.76 Å². The lowest BCUT2D eigenvalue weighted by molar-refractivity contribution is 0.252. The Hall–Kier alpha value is -1.76. The molecule has 0 aliphatic carbocycles. The number of para-hydroxylation sites is 1. The van der Waals surface area contributed by atoms with E-state index in [0.29, 0.717) is 39.8 Å². The molecule has 0 spiro atoms. The van der Waals surface area contributed by atoms with E-state index in [1.165, 1.54) is 0 Å². The first kappa shape index (κ1) is 12.7. The van der Waals surface area contributed by atoms with Crippen LogP contribution in [-0.4, -0.2) is 15.7 Å². The largest absolute Gasteiger partial charge is 0.382 e. The molecule has 0 atom stereocenters. The average molecular weight is 270 g/mol. The normalized spacial score (nSPS) is 10.9. The summed E-state index contributed by atoms with van der Waals surface area (Å²) in [6.07, 6.45) is 0. The number of H-pyrrole nitrogens is 1. The van der Waals surface area contributed by atoms with Gasteiger partial charge in [0.1, 0.15) is 11.6 Å². The minimum atomic E-state index is -2.47. The second-order valence-corrected chi connectivity index (χ2v) is 4.62. The Morgan fingerprint density at radius 1 is 1.39 bits per heavy atom. The summed E-state index contributed by atoms with van der Waals surface area (Å²) in [4.78, 5) is 7.43. The van der Waals surface area contributed by atoms with E-state index in [1.54, 1.807) is 31.2 Å². The topological polar surface area (TPSA) is 66.7 Å². The first-order chi connectivity index (χ1) is 8.56. The number of benzene rings is 1. The second kappa shape index (κ2) is 5.26. The third kappa shape index (κ3) is 2.92. The van der Waals surface area contributed by atoms with Gasteiger partial charge >= 0.3 is 0 Å². The van der Waals surface area contributed by atoms with Crippen molar-refractivity contribution in [3.8, 4) is 0 Å². The number of hydrogen-bond donors (Lipinski definition) is 3. The van der Waals surface area contributed by atoms with Gasteiger partial charge in [-0.15, -0.1) is 0 Å². The van der Waals surface area contributed by atoms with Gasteiger partial charge in [-0.2, -0.15) is 8.78 Å². The van der Waals surface area contributed by atoms with Gasteiger partial charge in [0.05, 0.1) is 5.69 Å². The van der Waals surface area contributed by atoms with E-state index in [0.717, 1.165) is 0 Å². The molecule has 18 heavy (non-hydrogen) atoms. The molecule has 0 aliphatic rings. The van der Waals surface area contributed by atoms with Gasteiger partial charge < -0.3 is 16.0 Å². The lowest BCUT2D eigenvalue weighted by Gasteiger charge is -2.09. The maximum absolute atomic E-state index is 12.4. The van der Waals surface area contributed by atoms with E-state index in [1.807, 2.05) is 0 Å². The van der Waals surface area contributed by atoms with Crippen LogP contribution in [0.4, 0.5) is 26.1 Å². The van der Waals surface area contributed by atoms with Crippen LogP contribution in [0, 0.1) is 6.92 Å². The van der Waals surface area contributed by atoms with Crippen molar-refractivity contribution in [3.63, 3.8) is 0 Å². The maximum Gasteiger partial charge on any atom is 0.288 e. The van der Waals surface area contributed by atoms with Crippen LogP contribution >= 0.6 is 11.8 Å². The van der Waals surface area contributed by atoms with Crippen LogP contribution in [0.2, 0.25) is 0 Å². The molecular formula is C11H12F2N4S.